The zero-order valence-electron chi connectivity index (χ0n) is 6.79. The molecule has 0 N–H and O–H groups in total. The van der Waals surface area contributed by atoms with Crippen LogP contribution in [-0.4, -0.2) is 15.1 Å². The van der Waals surface area contributed by atoms with E-state index in [2.05, 4.69) is 0 Å². The number of carbonyl (C=O) groups excluding carboxylic acids is 1. The predicted molar refractivity (Wildman–Crippen MR) is 40.7 cm³/mol. The first-order valence-electron chi connectivity index (χ1n) is 3.28. The fourth-order valence-electron chi connectivity index (χ4n) is 0.943. The number of hydrogen-bond acceptors (Lipinski definition) is 2. The van der Waals surface area contributed by atoms with E-state index in [0.717, 1.165) is 0 Å². The first-order valence-corrected chi connectivity index (χ1v) is 3.28. The second-order valence-corrected chi connectivity index (χ2v) is 2.47. The van der Waals surface area contributed by atoms with E-state index in [-0.39, 0.29) is 11.3 Å². The van der Waals surface area contributed by atoms with E-state index in [1.54, 1.807) is 14.1 Å². The second kappa shape index (κ2) is 2.38. The highest BCUT2D eigenvalue weighted by atomic mass is 16.1. The molecule has 4 heteroatoms. The maximum absolute atomic E-state index is 11.0. The normalized spacial score (nSPS) is 10.1. The van der Waals surface area contributed by atoms with Crippen LogP contribution in [0.2, 0.25) is 0 Å². The average Bonchev–Trinajstić information content (AvgIpc) is 2.17. The maximum atomic E-state index is 11.0. The van der Waals surface area contributed by atoms with Crippen LogP contribution in [0, 0.1) is 0 Å². The van der Waals surface area contributed by atoms with Gasteiger partial charge in [-0.1, -0.05) is 0 Å². The molecule has 0 saturated heterocycles. The van der Waals surface area contributed by atoms with Crippen LogP contribution in [0.15, 0.2) is 10.9 Å². The van der Waals surface area contributed by atoms with Crippen LogP contribution in [0.25, 0.3) is 0 Å². The zero-order valence-corrected chi connectivity index (χ0v) is 6.79. The third kappa shape index (κ3) is 1.11. The van der Waals surface area contributed by atoms with Crippen LogP contribution in [0.4, 0.5) is 0 Å². The van der Waals surface area contributed by atoms with E-state index in [1.807, 2.05) is 0 Å². The summed E-state index contributed by atoms with van der Waals surface area (Å²) in [4.78, 5) is 21.8. The van der Waals surface area contributed by atoms with Crippen molar-refractivity contribution in [1.29, 1.82) is 0 Å². The zero-order chi connectivity index (χ0) is 8.59. The third-order valence-electron chi connectivity index (χ3n) is 1.74. The van der Waals surface area contributed by atoms with Crippen molar-refractivity contribution in [2.24, 2.45) is 14.1 Å². The van der Waals surface area contributed by atoms with Gasteiger partial charge < -0.3 is 0 Å². The maximum Gasteiger partial charge on any atom is 0.267 e. The molecular formula is C7H10N2O2. The fraction of sp³-hybridized carbons (Fsp3) is 0.429. The van der Waals surface area contributed by atoms with E-state index >= 15 is 0 Å². The van der Waals surface area contributed by atoms with Gasteiger partial charge in [-0.25, -0.2) is 0 Å². The fourth-order valence-corrected chi connectivity index (χ4v) is 0.943. The number of nitrogens with zero attached hydrogens (tertiary/aromatic N) is 2. The van der Waals surface area contributed by atoms with E-state index in [1.165, 1.54) is 22.4 Å². The quantitative estimate of drug-likeness (QED) is 0.531. The summed E-state index contributed by atoms with van der Waals surface area (Å²) in [6, 6.07) is 1.34. The Labute approximate surface area is 64.0 Å². The average molecular weight is 154 g/mol. The summed E-state index contributed by atoms with van der Waals surface area (Å²) in [6.07, 6.45) is 0. The minimum absolute atomic E-state index is 0.0924. The number of Topliss-reactive ketones (excluding diaryl/α,β-unsaturated/α-hetero) is 1. The summed E-state index contributed by atoms with van der Waals surface area (Å²) < 4.78 is 2.92. The van der Waals surface area contributed by atoms with Crippen molar-refractivity contribution >= 4 is 5.78 Å². The van der Waals surface area contributed by atoms with Crippen molar-refractivity contribution in [2.75, 3.05) is 0 Å². The van der Waals surface area contributed by atoms with Crippen LogP contribution in [-0.2, 0) is 14.1 Å². The lowest BCUT2D eigenvalue weighted by molar-refractivity contribution is 0.100. The lowest BCUT2D eigenvalue weighted by Gasteiger charge is -2.00. The standard InChI is InChI=1S/C7H10N2O2/c1-5(10)6-4-7(11)9(3)8(6)2/h4H,1-3H3. The lowest BCUT2D eigenvalue weighted by Crippen LogP contribution is -2.17. The first kappa shape index (κ1) is 7.78. The van der Waals surface area contributed by atoms with Crippen LogP contribution in [0.5, 0.6) is 0 Å². The molecule has 0 aliphatic rings. The molecule has 4 nitrogen and oxygen atoms in total. The summed E-state index contributed by atoms with van der Waals surface area (Å²) in [6.45, 7) is 1.44. The Morgan fingerprint density at radius 1 is 1.36 bits per heavy atom. The van der Waals surface area contributed by atoms with Gasteiger partial charge in [0.05, 0.1) is 0 Å². The molecule has 0 bridgehead atoms. The van der Waals surface area contributed by atoms with E-state index in [4.69, 9.17) is 0 Å². The van der Waals surface area contributed by atoms with Gasteiger partial charge in [0.25, 0.3) is 5.56 Å². The predicted octanol–water partition coefficient (Wildman–Crippen LogP) is -0.0736. The van der Waals surface area contributed by atoms with Crippen LogP contribution < -0.4 is 5.56 Å². The number of hydrogen-bond donors (Lipinski definition) is 0. The molecule has 60 valence electrons. The number of aromatic nitrogens is 2. The van der Waals surface area contributed by atoms with E-state index in [0.29, 0.717) is 5.69 Å². The Bertz CT molecular complexity index is 346. The molecule has 1 aromatic heterocycles. The molecule has 0 saturated carbocycles. The van der Waals surface area contributed by atoms with Crippen molar-refractivity contribution in [3.8, 4) is 0 Å². The summed E-state index contributed by atoms with van der Waals surface area (Å²) in [5.41, 5.74) is 0.287. The molecule has 1 aromatic rings. The molecular weight excluding hydrogens is 144 g/mol. The molecule has 0 atom stereocenters. The third-order valence-corrected chi connectivity index (χ3v) is 1.74. The summed E-state index contributed by atoms with van der Waals surface area (Å²) in [5, 5.41) is 0. The molecule has 1 rings (SSSR count). The summed E-state index contributed by atoms with van der Waals surface area (Å²) >= 11 is 0. The van der Waals surface area contributed by atoms with Crippen LogP contribution in [0.3, 0.4) is 0 Å². The molecule has 0 aliphatic carbocycles. The highest BCUT2D eigenvalue weighted by Crippen LogP contribution is 1.94. The van der Waals surface area contributed by atoms with E-state index in [9.17, 15) is 9.59 Å². The van der Waals surface area contributed by atoms with Crippen molar-refractivity contribution in [1.82, 2.24) is 9.36 Å². The highest BCUT2D eigenvalue weighted by molar-refractivity contribution is 5.92. The molecule has 0 fully saturated rings. The van der Waals surface area contributed by atoms with Crippen molar-refractivity contribution < 1.29 is 4.79 Å². The summed E-state index contributed by atoms with van der Waals surface area (Å²) in [5.74, 6) is -0.0924. The summed E-state index contributed by atoms with van der Waals surface area (Å²) in [7, 11) is 3.30. The van der Waals surface area contributed by atoms with Crippen molar-refractivity contribution in [3.63, 3.8) is 0 Å². The van der Waals surface area contributed by atoms with Gasteiger partial charge in [-0.3, -0.25) is 19.0 Å². The largest absolute Gasteiger partial charge is 0.293 e. The highest BCUT2D eigenvalue weighted by Gasteiger charge is 2.07. The molecule has 0 radical (unpaired) electrons. The monoisotopic (exact) mass is 154 g/mol. The molecule has 11 heavy (non-hydrogen) atoms. The molecule has 0 aromatic carbocycles. The van der Waals surface area contributed by atoms with Crippen molar-refractivity contribution in [3.05, 3.63) is 22.1 Å². The van der Waals surface area contributed by atoms with Gasteiger partial charge in [0, 0.05) is 27.1 Å². The Morgan fingerprint density at radius 3 is 2.09 bits per heavy atom. The van der Waals surface area contributed by atoms with Crippen LogP contribution in [0.1, 0.15) is 17.4 Å². The number of ketones is 1. The number of carbonyl (C=O) groups is 1. The Kier molecular flexibility index (Phi) is 1.68. The Hall–Kier alpha value is -1.32. The molecule has 0 aliphatic heterocycles. The second-order valence-electron chi connectivity index (χ2n) is 2.47. The molecule has 0 spiro atoms. The van der Waals surface area contributed by atoms with Gasteiger partial charge in [-0.2, -0.15) is 0 Å². The van der Waals surface area contributed by atoms with Crippen LogP contribution >= 0.6 is 0 Å². The van der Waals surface area contributed by atoms with Gasteiger partial charge in [0.1, 0.15) is 5.69 Å². The minimum Gasteiger partial charge on any atom is -0.293 e. The topological polar surface area (TPSA) is 44.0 Å². The van der Waals surface area contributed by atoms with Gasteiger partial charge in [0.15, 0.2) is 5.78 Å². The van der Waals surface area contributed by atoms with Gasteiger partial charge in [-0.05, 0) is 0 Å². The van der Waals surface area contributed by atoms with E-state index < -0.39 is 0 Å². The SMILES string of the molecule is CC(=O)c1cc(=O)n(C)n1C. The molecule has 0 unspecified atom stereocenters. The molecule has 1 heterocycles. The van der Waals surface area contributed by atoms with Gasteiger partial charge >= 0.3 is 0 Å². The Balaban J connectivity index is 3.42. The first-order chi connectivity index (χ1) is 5.04. The minimum atomic E-state index is -0.155. The van der Waals surface area contributed by atoms with Crippen molar-refractivity contribution in [2.45, 2.75) is 6.92 Å². The number of rotatable bonds is 1. The van der Waals surface area contributed by atoms with Gasteiger partial charge in [0.2, 0.25) is 0 Å². The Morgan fingerprint density at radius 2 is 1.91 bits per heavy atom. The van der Waals surface area contributed by atoms with Gasteiger partial charge in [-0.15, -0.1) is 0 Å². The lowest BCUT2D eigenvalue weighted by atomic mass is 10.3. The smallest absolute Gasteiger partial charge is 0.267 e. The molecule has 0 amide bonds.